The Bertz CT molecular complexity index is 391. The van der Waals surface area contributed by atoms with Gasteiger partial charge >= 0.3 is 0 Å². The molecule has 1 fully saturated rings. The van der Waals surface area contributed by atoms with Gasteiger partial charge in [-0.1, -0.05) is 6.92 Å². The van der Waals surface area contributed by atoms with Gasteiger partial charge in [0.25, 0.3) is 0 Å². The zero-order valence-electron chi connectivity index (χ0n) is 9.78. The summed E-state index contributed by atoms with van der Waals surface area (Å²) in [5.74, 6) is 0.0786. The van der Waals surface area contributed by atoms with E-state index < -0.39 is 0 Å². The molecule has 0 aromatic heterocycles. The molecule has 3 nitrogen and oxygen atoms in total. The summed E-state index contributed by atoms with van der Waals surface area (Å²) in [4.78, 5) is 12.1. The minimum Gasteiger partial charge on any atom is -0.377 e. The Morgan fingerprint density at radius 1 is 1.47 bits per heavy atom. The van der Waals surface area contributed by atoms with E-state index in [0.29, 0.717) is 6.61 Å². The zero-order chi connectivity index (χ0) is 12.3. The fourth-order valence-corrected chi connectivity index (χ4v) is 2.48. The Balaban J connectivity index is 1.99. The standard InChI is InChI=1S/C13H16INO2/c1-2-12-11(7-8-17-12)13(16)15-10-5-3-9(14)4-6-10/h3-6,11-12H,2,7-8H2,1H3,(H,15,16). The van der Waals surface area contributed by atoms with E-state index in [1.54, 1.807) is 0 Å². The van der Waals surface area contributed by atoms with Crippen molar-refractivity contribution in [2.24, 2.45) is 5.92 Å². The highest BCUT2D eigenvalue weighted by Gasteiger charge is 2.32. The minimum absolute atomic E-state index is 0.000668. The summed E-state index contributed by atoms with van der Waals surface area (Å²) in [5, 5.41) is 2.95. The molecule has 1 heterocycles. The summed E-state index contributed by atoms with van der Waals surface area (Å²) < 4.78 is 6.69. The zero-order valence-corrected chi connectivity index (χ0v) is 11.9. The highest BCUT2D eigenvalue weighted by atomic mass is 127. The number of ether oxygens (including phenoxy) is 1. The van der Waals surface area contributed by atoms with Crippen LogP contribution in [0, 0.1) is 9.49 Å². The van der Waals surface area contributed by atoms with Gasteiger partial charge in [0.2, 0.25) is 5.91 Å². The van der Waals surface area contributed by atoms with Crippen LogP contribution in [0.3, 0.4) is 0 Å². The van der Waals surface area contributed by atoms with Crippen molar-refractivity contribution in [3.8, 4) is 0 Å². The van der Waals surface area contributed by atoms with E-state index in [9.17, 15) is 4.79 Å². The van der Waals surface area contributed by atoms with E-state index in [-0.39, 0.29) is 17.9 Å². The number of nitrogens with one attached hydrogen (secondary N) is 1. The largest absolute Gasteiger partial charge is 0.377 e. The monoisotopic (exact) mass is 345 g/mol. The third kappa shape index (κ3) is 3.19. The van der Waals surface area contributed by atoms with E-state index in [2.05, 4.69) is 34.8 Å². The summed E-state index contributed by atoms with van der Waals surface area (Å²) in [5.41, 5.74) is 0.858. The lowest BCUT2D eigenvalue weighted by Gasteiger charge is -2.16. The topological polar surface area (TPSA) is 38.3 Å². The SMILES string of the molecule is CCC1OCCC1C(=O)Nc1ccc(I)cc1. The van der Waals surface area contributed by atoms with Gasteiger partial charge in [0, 0.05) is 15.9 Å². The smallest absolute Gasteiger partial charge is 0.230 e. The van der Waals surface area contributed by atoms with Crippen LogP contribution >= 0.6 is 22.6 Å². The fourth-order valence-electron chi connectivity index (χ4n) is 2.12. The summed E-state index contributed by atoms with van der Waals surface area (Å²) in [6.45, 7) is 2.75. The Morgan fingerprint density at radius 3 is 2.82 bits per heavy atom. The Morgan fingerprint density at radius 2 is 2.18 bits per heavy atom. The summed E-state index contributed by atoms with van der Waals surface area (Å²) in [6, 6.07) is 7.82. The van der Waals surface area contributed by atoms with Gasteiger partial charge in [-0.05, 0) is 59.7 Å². The second kappa shape index (κ2) is 5.82. The molecule has 1 N–H and O–H groups in total. The van der Waals surface area contributed by atoms with E-state index in [1.165, 1.54) is 0 Å². The van der Waals surface area contributed by atoms with Crippen molar-refractivity contribution in [2.45, 2.75) is 25.9 Å². The van der Waals surface area contributed by atoms with Crippen molar-refractivity contribution >= 4 is 34.2 Å². The predicted molar refractivity (Wildman–Crippen MR) is 75.9 cm³/mol. The quantitative estimate of drug-likeness (QED) is 0.856. The van der Waals surface area contributed by atoms with E-state index >= 15 is 0 Å². The molecule has 1 aliphatic rings. The molecule has 0 aliphatic carbocycles. The van der Waals surface area contributed by atoms with Gasteiger partial charge in [0.05, 0.1) is 12.0 Å². The average Bonchev–Trinajstić information content (AvgIpc) is 2.80. The van der Waals surface area contributed by atoms with Crippen LogP contribution in [0.25, 0.3) is 0 Å². The van der Waals surface area contributed by atoms with E-state index in [1.807, 2.05) is 24.3 Å². The third-order valence-electron chi connectivity index (χ3n) is 3.06. The maximum absolute atomic E-state index is 12.1. The molecule has 2 unspecified atom stereocenters. The van der Waals surface area contributed by atoms with Gasteiger partial charge in [-0.3, -0.25) is 4.79 Å². The number of rotatable bonds is 3. The Labute approximate surface area is 115 Å². The molecule has 0 spiro atoms. The molecule has 0 bridgehead atoms. The van der Waals surface area contributed by atoms with Gasteiger partial charge in [0.15, 0.2) is 0 Å². The second-order valence-corrected chi connectivity index (χ2v) is 5.45. The number of anilines is 1. The Hall–Kier alpha value is -0.620. The summed E-state index contributed by atoms with van der Waals surface area (Å²) in [6.07, 6.45) is 1.80. The molecule has 92 valence electrons. The molecule has 0 radical (unpaired) electrons. The van der Waals surface area contributed by atoms with Crippen LogP contribution in [0.2, 0.25) is 0 Å². The van der Waals surface area contributed by atoms with Crippen molar-refractivity contribution in [3.05, 3.63) is 27.8 Å². The van der Waals surface area contributed by atoms with Crippen molar-refractivity contribution in [1.29, 1.82) is 0 Å². The van der Waals surface area contributed by atoms with Gasteiger partial charge in [-0.2, -0.15) is 0 Å². The van der Waals surface area contributed by atoms with Crippen LogP contribution in [0.5, 0.6) is 0 Å². The van der Waals surface area contributed by atoms with Crippen molar-refractivity contribution in [3.63, 3.8) is 0 Å². The van der Waals surface area contributed by atoms with Crippen molar-refractivity contribution in [2.75, 3.05) is 11.9 Å². The molecule has 1 amide bonds. The molecule has 1 aromatic rings. The first-order chi connectivity index (χ1) is 8.20. The number of carbonyl (C=O) groups is 1. The normalized spacial score (nSPS) is 23.6. The van der Waals surface area contributed by atoms with Crippen molar-refractivity contribution < 1.29 is 9.53 Å². The van der Waals surface area contributed by atoms with Gasteiger partial charge in [-0.15, -0.1) is 0 Å². The highest BCUT2D eigenvalue weighted by molar-refractivity contribution is 14.1. The first kappa shape index (κ1) is 12.8. The van der Waals surface area contributed by atoms with Crippen LogP contribution < -0.4 is 5.32 Å². The van der Waals surface area contributed by atoms with Crippen molar-refractivity contribution in [1.82, 2.24) is 0 Å². The molecular weight excluding hydrogens is 329 g/mol. The third-order valence-corrected chi connectivity index (χ3v) is 3.78. The first-order valence-electron chi connectivity index (χ1n) is 5.88. The summed E-state index contributed by atoms with van der Waals surface area (Å²) >= 11 is 2.24. The van der Waals surface area contributed by atoms with E-state index in [0.717, 1.165) is 22.1 Å². The number of benzene rings is 1. The lowest BCUT2D eigenvalue weighted by atomic mass is 9.98. The molecule has 0 saturated carbocycles. The molecule has 1 saturated heterocycles. The second-order valence-electron chi connectivity index (χ2n) is 4.21. The van der Waals surface area contributed by atoms with Crippen LogP contribution in [0.15, 0.2) is 24.3 Å². The predicted octanol–water partition coefficient (Wildman–Crippen LogP) is 3.04. The number of amides is 1. The first-order valence-corrected chi connectivity index (χ1v) is 6.96. The van der Waals surface area contributed by atoms with Crippen LogP contribution in [0.1, 0.15) is 19.8 Å². The van der Waals surface area contributed by atoms with Gasteiger partial charge in [0.1, 0.15) is 0 Å². The molecule has 1 aliphatic heterocycles. The van der Waals surface area contributed by atoms with Crippen LogP contribution in [-0.2, 0) is 9.53 Å². The maximum atomic E-state index is 12.1. The lowest BCUT2D eigenvalue weighted by molar-refractivity contribution is -0.121. The average molecular weight is 345 g/mol. The van der Waals surface area contributed by atoms with Gasteiger partial charge < -0.3 is 10.1 Å². The molecule has 4 heteroatoms. The highest BCUT2D eigenvalue weighted by Crippen LogP contribution is 2.25. The Kier molecular flexibility index (Phi) is 4.39. The summed E-state index contributed by atoms with van der Waals surface area (Å²) in [7, 11) is 0. The number of carbonyl (C=O) groups excluding carboxylic acids is 1. The molecule has 2 rings (SSSR count). The molecular formula is C13H16INO2. The maximum Gasteiger partial charge on any atom is 0.230 e. The number of halogens is 1. The lowest BCUT2D eigenvalue weighted by Crippen LogP contribution is -2.29. The molecule has 1 aromatic carbocycles. The number of hydrogen-bond acceptors (Lipinski definition) is 2. The van der Waals surface area contributed by atoms with Crippen LogP contribution in [-0.4, -0.2) is 18.6 Å². The number of hydrogen-bond donors (Lipinski definition) is 1. The molecule has 17 heavy (non-hydrogen) atoms. The van der Waals surface area contributed by atoms with Gasteiger partial charge in [-0.25, -0.2) is 0 Å². The minimum atomic E-state index is -0.000668. The van der Waals surface area contributed by atoms with Crippen LogP contribution in [0.4, 0.5) is 5.69 Å². The van der Waals surface area contributed by atoms with E-state index in [4.69, 9.17) is 4.74 Å². The molecule has 2 atom stereocenters. The fraction of sp³-hybridized carbons (Fsp3) is 0.462.